The Hall–Kier alpha value is -2.68. The molecule has 142 valence electrons. The lowest BCUT2D eigenvalue weighted by atomic mass is 9.95. The van der Waals surface area contributed by atoms with Crippen LogP contribution in [0.15, 0.2) is 18.2 Å². The zero-order chi connectivity index (χ0) is 18.8. The third kappa shape index (κ3) is 3.59. The summed E-state index contributed by atoms with van der Waals surface area (Å²) in [7, 11) is 0. The van der Waals surface area contributed by atoms with Gasteiger partial charge in [-0.3, -0.25) is 9.59 Å². The molecule has 2 aliphatic rings. The van der Waals surface area contributed by atoms with Crippen LogP contribution in [0, 0.1) is 5.92 Å². The molecule has 4 rings (SSSR count). The number of hydrogen-bond acceptors (Lipinski definition) is 7. The number of anilines is 1. The molecule has 27 heavy (non-hydrogen) atoms. The summed E-state index contributed by atoms with van der Waals surface area (Å²) in [4.78, 5) is 27.6. The van der Waals surface area contributed by atoms with Crippen molar-refractivity contribution in [1.29, 1.82) is 0 Å². The Morgan fingerprint density at radius 3 is 2.81 bits per heavy atom. The lowest BCUT2D eigenvalue weighted by molar-refractivity contribution is -0.121. The number of aryl methyl sites for hydroxylation is 1. The minimum atomic E-state index is -0.121. The van der Waals surface area contributed by atoms with E-state index >= 15 is 0 Å². The zero-order valence-corrected chi connectivity index (χ0v) is 15.8. The van der Waals surface area contributed by atoms with Crippen molar-refractivity contribution in [3.8, 4) is 11.5 Å². The van der Waals surface area contributed by atoms with Gasteiger partial charge in [-0.25, -0.2) is 0 Å². The fourth-order valence-electron chi connectivity index (χ4n) is 3.31. The van der Waals surface area contributed by atoms with Gasteiger partial charge < -0.3 is 19.7 Å². The molecule has 0 aliphatic carbocycles. The summed E-state index contributed by atoms with van der Waals surface area (Å²) >= 11 is 1.14. The van der Waals surface area contributed by atoms with Gasteiger partial charge in [0.15, 0.2) is 11.5 Å². The quantitative estimate of drug-likeness (QED) is 0.864. The zero-order valence-electron chi connectivity index (χ0n) is 14.9. The number of benzene rings is 1. The fraction of sp³-hybridized carbons (Fsp3) is 0.444. The van der Waals surface area contributed by atoms with Crippen molar-refractivity contribution in [3.63, 3.8) is 0 Å². The van der Waals surface area contributed by atoms with E-state index in [-0.39, 0.29) is 24.5 Å². The predicted molar refractivity (Wildman–Crippen MR) is 99.1 cm³/mol. The number of carbonyl (C=O) groups is 2. The molecule has 3 heterocycles. The molecule has 2 aliphatic heterocycles. The topological polar surface area (TPSA) is 93.7 Å². The predicted octanol–water partition coefficient (Wildman–Crippen LogP) is 2.32. The molecule has 2 amide bonds. The lowest BCUT2D eigenvalue weighted by Gasteiger charge is -2.31. The minimum Gasteiger partial charge on any atom is -0.454 e. The van der Waals surface area contributed by atoms with E-state index < -0.39 is 0 Å². The molecule has 1 fully saturated rings. The van der Waals surface area contributed by atoms with Crippen LogP contribution in [0.5, 0.6) is 11.5 Å². The number of fused-ring (bicyclic) bond motifs is 1. The van der Waals surface area contributed by atoms with Crippen LogP contribution in [0.1, 0.15) is 35.1 Å². The van der Waals surface area contributed by atoms with Crippen LogP contribution in [-0.2, 0) is 11.2 Å². The monoisotopic (exact) mass is 388 g/mol. The maximum absolute atomic E-state index is 12.6. The summed E-state index contributed by atoms with van der Waals surface area (Å²) in [6.07, 6.45) is 1.96. The molecule has 9 heteroatoms. The summed E-state index contributed by atoms with van der Waals surface area (Å²) in [6.45, 7) is 3.27. The van der Waals surface area contributed by atoms with Gasteiger partial charge in [0.1, 0.15) is 4.88 Å². The number of amides is 2. The van der Waals surface area contributed by atoms with Gasteiger partial charge in [0.2, 0.25) is 12.7 Å². The highest BCUT2D eigenvalue weighted by Gasteiger charge is 2.30. The SMILES string of the molecule is CCc1nnsc1C(=O)N1CCC(C(=O)Nc2ccc3c(c2)OCO3)CC1. The Balaban J connectivity index is 1.33. The van der Waals surface area contributed by atoms with Crippen molar-refractivity contribution < 1.29 is 19.1 Å². The summed E-state index contributed by atoms with van der Waals surface area (Å²) in [5.74, 6) is 1.14. The number of aromatic nitrogens is 2. The summed E-state index contributed by atoms with van der Waals surface area (Å²) < 4.78 is 14.5. The van der Waals surface area contributed by atoms with Gasteiger partial charge in [-0.2, -0.15) is 0 Å². The van der Waals surface area contributed by atoms with E-state index in [2.05, 4.69) is 14.9 Å². The number of piperidine rings is 1. The second kappa shape index (κ2) is 7.51. The largest absolute Gasteiger partial charge is 0.454 e. The first-order valence-electron chi connectivity index (χ1n) is 8.96. The average molecular weight is 388 g/mol. The molecule has 1 aromatic carbocycles. The molecule has 1 aromatic heterocycles. The van der Waals surface area contributed by atoms with Crippen LogP contribution in [0.2, 0.25) is 0 Å². The summed E-state index contributed by atoms with van der Waals surface area (Å²) in [5, 5.41) is 6.94. The van der Waals surface area contributed by atoms with Gasteiger partial charge in [0.05, 0.1) is 5.69 Å². The Morgan fingerprint density at radius 1 is 1.26 bits per heavy atom. The number of carbonyl (C=O) groups excluding carboxylic acids is 2. The highest BCUT2D eigenvalue weighted by atomic mass is 32.1. The van der Waals surface area contributed by atoms with Crippen molar-refractivity contribution in [3.05, 3.63) is 28.8 Å². The summed E-state index contributed by atoms with van der Waals surface area (Å²) in [5.41, 5.74) is 1.43. The first-order chi connectivity index (χ1) is 13.2. The van der Waals surface area contributed by atoms with E-state index in [1.807, 2.05) is 6.92 Å². The first kappa shape index (κ1) is 17.7. The number of likely N-dealkylation sites (tertiary alicyclic amines) is 1. The number of nitrogens with zero attached hydrogens (tertiary/aromatic N) is 3. The Labute approximate surface area is 160 Å². The molecule has 0 unspecified atom stereocenters. The molecule has 1 N–H and O–H groups in total. The minimum absolute atomic E-state index is 0.0310. The maximum Gasteiger partial charge on any atom is 0.267 e. The van der Waals surface area contributed by atoms with E-state index in [0.717, 1.165) is 17.2 Å². The van der Waals surface area contributed by atoms with Gasteiger partial charge >= 0.3 is 0 Å². The van der Waals surface area contributed by atoms with Gasteiger partial charge in [-0.15, -0.1) is 5.10 Å². The second-order valence-corrected chi connectivity index (χ2v) is 7.28. The Morgan fingerprint density at radius 2 is 2.04 bits per heavy atom. The second-order valence-electron chi connectivity index (χ2n) is 6.53. The van der Waals surface area contributed by atoms with Crippen LogP contribution in [0.3, 0.4) is 0 Å². The van der Waals surface area contributed by atoms with Crippen molar-refractivity contribution >= 4 is 29.0 Å². The maximum atomic E-state index is 12.6. The number of rotatable bonds is 4. The van der Waals surface area contributed by atoms with Gasteiger partial charge in [0.25, 0.3) is 5.91 Å². The fourth-order valence-corrected chi connectivity index (χ4v) is 4.03. The smallest absolute Gasteiger partial charge is 0.267 e. The highest BCUT2D eigenvalue weighted by Crippen LogP contribution is 2.34. The molecular weight excluding hydrogens is 368 g/mol. The van der Waals surface area contributed by atoms with Crippen LogP contribution in [0.4, 0.5) is 5.69 Å². The van der Waals surface area contributed by atoms with Crippen molar-refractivity contribution in [2.45, 2.75) is 26.2 Å². The highest BCUT2D eigenvalue weighted by molar-refractivity contribution is 7.08. The first-order valence-corrected chi connectivity index (χ1v) is 9.74. The van der Waals surface area contributed by atoms with E-state index in [0.29, 0.717) is 54.4 Å². The number of hydrogen-bond donors (Lipinski definition) is 1. The number of nitrogens with one attached hydrogen (secondary N) is 1. The normalized spacial score (nSPS) is 16.4. The molecule has 0 spiro atoms. The van der Waals surface area contributed by atoms with E-state index in [4.69, 9.17) is 9.47 Å². The molecular formula is C18H20N4O4S. The molecule has 0 bridgehead atoms. The third-order valence-corrected chi connectivity index (χ3v) is 5.63. The van der Waals surface area contributed by atoms with Crippen molar-refractivity contribution in [1.82, 2.24) is 14.5 Å². The van der Waals surface area contributed by atoms with Gasteiger partial charge in [-0.05, 0) is 42.9 Å². The molecule has 1 saturated heterocycles. The average Bonchev–Trinajstić information content (AvgIpc) is 3.36. The van der Waals surface area contributed by atoms with Crippen molar-refractivity contribution in [2.24, 2.45) is 5.92 Å². The van der Waals surface area contributed by atoms with E-state index in [1.165, 1.54) is 0 Å². The standard InChI is InChI=1S/C18H20N4O4S/c1-2-13-16(27-21-20-13)18(24)22-7-5-11(6-8-22)17(23)19-12-3-4-14-15(9-12)26-10-25-14/h3-4,9,11H,2,5-8,10H2,1H3,(H,19,23). The van der Waals surface area contributed by atoms with Crippen LogP contribution in [0.25, 0.3) is 0 Å². The Bertz CT molecular complexity index is 861. The van der Waals surface area contributed by atoms with Crippen LogP contribution >= 0.6 is 11.5 Å². The van der Waals surface area contributed by atoms with Gasteiger partial charge in [0, 0.05) is 30.8 Å². The molecule has 0 radical (unpaired) electrons. The molecule has 0 saturated carbocycles. The molecule has 2 aromatic rings. The molecule has 8 nitrogen and oxygen atoms in total. The van der Waals surface area contributed by atoms with E-state index in [1.54, 1.807) is 23.1 Å². The number of ether oxygens (including phenoxy) is 2. The van der Waals surface area contributed by atoms with Gasteiger partial charge in [-0.1, -0.05) is 11.4 Å². The van der Waals surface area contributed by atoms with Crippen LogP contribution in [-0.4, -0.2) is 46.2 Å². The van der Waals surface area contributed by atoms with Crippen molar-refractivity contribution in [2.75, 3.05) is 25.2 Å². The lowest BCUT2D eigenvalue weighted by Crippen LogP contribution is -2.41. The molecule has 0 atom stereocenters. The third-order valence-electron chi connectivity index (χ3n) is 4.88. The van der Waals surface area contributed by atoms with Crippen LogP contribution < -0.4 is 14.8 Å². The Kier molecular flexibility index (Phi) is 4.93. The van der Waals surface area contributed by atoms with E-state index in [9.17, 15) is 9.59 Å². The summed E-state index contributed by atoms with van der Waals surface area (Å²) in [6, 6.07) is 5.35.